The van der Waals surface area contributed by atoms with Crippen molar-refractivity contribution in [1.29, 1.82) is 0 Å². The number of hydrogen-bond acceptors (Lipinski definition) is 5. The molecule has 1 atom stereocenters. The largest absolute Gasteiger partial charge is 0.436 e. The highest BCUT2D eigenvalue weighted by Gasteiger charge is 2.29. The van der Waals surface area contributed by atoms with E-state index >= 15 is 0 Å². The second-order valence-corrected chi connectivity index (χ2v) is 6.54. The van der Waals surface area contributed by atoms with Crippen molar-refractivity contribution in [3.05, 3.63) is 53.6 Å². The van der Waals surface area contributed by atoms with E-state index < -0.39 is 0 Å². The summed E-state index contributed by atoms with van der Waals surface area (Å²) in [6.07, 6.45) is 5.62. The summed E-state index contributed by atoms with van der Waals surface area (Å²) in [4.78, 5) is 27.9. The Morgan fingerprint density at radius 1 is 1.32 bits per heavy atom. The summed E-state index contributed by atoms with van der Waals surface area (Å²) in [5.74, 6) is 1.01. The fourth-order valence-electron chi connectivity index (χ4n) is 3.48. The molecule has 4 rings (SSSR count). The third-order valence-electron chi connectivity index (χ3n) is 4.73. The summed E-state index contributed by atoms with van der Waals surface area (Å²) < 4.78 is 5.50. The molecule has 1 aliphatic rings. The summed E-state index contributed by atoms with van der Waals surface area (Å²) >= 11 is 0. The highest BCUT2D eigenvalue weighted by Crippen LogP contribution is 2.28. The fraction of sp³-hybridized carbons (Fsp3) is 0.368. The average Bonchev–Trinajstić information content (AvgIpc) is 2.99. The van der Waals surface area contributed by atoms with Crippen LogP contribution in [0.5, 0.6) is 0 Å². The number of carbonyl (C=O) groups is 1. The van der Waals surface area contributed by atoms with Crippen molar-refractivity contribution in [3.63, 3.8) is 0 Å². The number of carbonyl (C=O) groups excluding carboxylic acids is 1. The number of likely N-dealkylation sites (tertiary alicyclic amines) is 1. The molecule has 128 valence electrons. The van der Waals surface area contributed by atoms with Crippen LogP contribution in [0.25, 0.3) is 10.9 Å². The van der Waals surface area contributed by atoms with Gasteiger partial charge in [-0.15, -0.1) is 0 Å². The van der Waals surface area contributed by atoms with E-state index in [0.717, 1.165) is 36.0 Å². The van der Waals surface area contributed by atoms with Gasteiger partial charge in [-0.05, 0) is 38.0 Å². The van der Waals surface area contributed by atoms with Crippen LogP contribution < -0.4 is 0 Å². The van der Waals surface area contributed by atoms with Crippen molar-refractivity contribution < 1.29 is 9.21 Å². The number of fused-ring (bicyclic) bond motifs is 1. The first-order chi connectivity index (χ1) is 12.1. The van der Waals surface area contributed by atoms with E-state index in [1.165, 1.54) is 0 Å². The van der Waals surface area contributed by atoms with Crippen LogP contribution in [0.15, 0.2) is 35.0 Å². The van der Waals surface area contributed by atoms with Gasteiger partial charge in [0.05, 0.1) is 11.2 Å². The molecule has 4 heterocycles. The lowest BCUT2D eigenvalue weighted by Crippen LogP contribution is -2.39. The van der Waals surface area contributed by atoms with Gasteiger partial charge in [-0.3, -0.25) is 14.8 Å². The van der Waals surface area contributed by atoms with Gasteiger partial charge in [0.15, 0.2) is 5.89 Å². The molecule has 3 aromatic rings. The minimum absolute atomic E-state index is 0.0817. The van der Waals surface area contributed by atoms with Crippen molar-refractivity contribution >= 4 is 16.8 Å². The molecule has 6 heteroatoms. The van der Waals surface area contributed by atoms with E-state index in [0.29, 0.717) is 23.9 Å². The van der Waals surface area contributed by atoms with Gasteiger partial charge in [-0.25, -0.2) is 4.98 Å². The maximum absolute atomic E-state index is 12.8. The Labute approximate surface area is 145 Å². The van der Waals surface area contributed by atoms with E-state index in [-0.39, 0.29) is 11.8 Å². The van der Waals surface area contributed by atoms with Crippen molar-refractivity contribution in [2.24, 2.45) is 0 Å². The van der Waals surface area contributed by atoms with Crippen LogP contribution in [0.4, 0.5) is 0 Å². The molecule has 0 bridgehead atoms. The third-order valence-corrected chi connectivity index (χ3v) is 4.73. The highest BCUT2D eigenvalue weighted by molar-refractivity contribution is 5.92. The molecule has 0 spiro atoms. The lowest BCUT2D eigenvalue weighted by Gasteiger charge is -2.32. The minimum atomic E-state index is -0.0817. The molecule has 1 saturated heterocycles. The number of rotatable bonds is 2. The summed E-state index contributed by atoms with van der Waals surface area (Å²) in [5, 5.41) is 1.03. The number of oxazole rings is 1. The first-order valence-electron chi connectivity index (χ1n) is 8.56. The number of aryl methyl sites for hydroxylation is 2. The van der Waals surface area contributed by atoms with Gasteiger partial charge in [-0.1, -0.05) is 0 Å². The monoisotopic (exact) mass is 336 g/mol. The fourth-order valence-corrected chi connectivity index (χ4v) is 3.48. The lowest BCUT2D eigenvalue weighted by atomic mass is 9.93. The zero-order chi connectivity index (χ0) is 17.4. The molecule has 3 aromatic heterocycles. The van der Waals surface area contributed by atoms with Gasteiger partial charge >= 0.3 is 0 Å². The number of amides is 1. The molecule has 0 radical (unpaired) electrons. The van der Waals surface area contributed by atoms with Crippen molar-refractivity contribution in [3.8, 4) is 0 Å². The van der Waals surface area contributed by atoms with Crippen LogP contribution in [-0.4, -0.2) is 38.8 Å². The first kappa shape index (κ1) is 15.7. The zero-order valence-corrected chi connectivity index (χ0v) is 14.4. The SMILES string of the molecule is Cc1nc(C)c(C(=O)N2CCC[C@@H](c3cc4ncccc4cn3)C2)o1. The van der Waals surface area contributed by atoms with Gasteiger partial charge in [-0.2, -0.15) is 0 Å². The molecule has 1 aliphatic heterocycles. The molecule has 1 fully saturated rings. The van der Waals surface area contributed by atoms with Gasteiger partial charge in [0.25, 0.3) is 5.91 Å². The molecule has 6 nitrogen and oxygen atoms in total. The smallest absolute Gasteiger partial charge is 0.291 e. The van der Waals surface area contributed by atoms with E-state index in [2.05, 4.69) is 15.0 Å². The topological polar surface area (TPSA) is 72.1 Å². The van der Waals surface area contributed by atoms with Crippen LogP contribution in [0.3, 0.4) is 0 Å². The van der Waals surface area contributed by atoms with Gasteiger partial charge in [0, 0.05) is 49.4 Å². The zero-order valence-electron chi connectivity index (χ0n) is 14.4. The number of nitrogens with zero attached hydrogens (tertiary/aromatic N) is 4. The maximum atomic E-state index is 12.8. The Morgan fingerprint density at radius 2 is 2.20 bits per heavy atom. The molecule has 0 aromatic carbocycles. The van der Waals surface area contributed by atoms with Crippen molar-refractivity contribution in [1.82, 2.24) is 19.9 Å². The Morgan fingerprint density at radius 3 is 3.00 bits per heavy atom. The van der Waals surface area contributed by atoms with E-state index in [4.69, 9.17) is 4.42 Å². The summed E-state index contributed by atoms with van der Waals surface area (Å²) in [6, 6.07) is 5.95. The second kappa shape index (κ2) is 6.27. The maximum Gasteiger partial charge on any atom is 0.291 e. The number of piperidine rings is 1. The predicted octanol–water partition coefficient (Wildman–Crippen LogP) is 3.25. The Hall–Kier alpha value is -2.76. The second-order valence-electron chi connectivity index (χ2n) is 6.54. The summed E-state index contributed by atoms with van der Waals surface area (Å²) in [5.41, 5.74) is 2.59. The molecule has 0 N–H and O–H groups in total. The summed E-state index contributed by atoms with van der Waals surface area (Å²) in [6.45, 7) is 4.94. The summed E-state index contributed by atoms with van der Waals surface area (Å²) in [7, 11) is 0. The van der Waals surface area contributed by atoms with E-state index in [1.807, 2.05) is 36.2 Å². The average molecular weight is 336 g/mol. The number of pyridine rings is 2. The van der Waals surface area contributed by atoms with Crippen LogP contribution in [0.2, 0.25) is 0 Å². The number of aromatic nitrogens is 3. The van der Waals surface area contributed by atoms with E-state index in [9.17, 15) is 4.79 Å². The van der Waals surface area contributed by atoms with Crippen molar-refractivity contribution in [2.75, 3.05) is 13.1 Å². The van der Waals surface area contributed by atoms with Crippen molar-refractivity contribution in [2.45, 2.75) is 32.6 Å². The number of hydrogen-bond donors (Lipinski definition) is 0. The molecule has 0 aliphatic carbocycles. The van der Waals surface area contributed by atoms with Crippen LogP contribution in [-0.2, 0) is 0 Å². The Bertz CT molecular complexity index is 934. The molecule has 1 amide bonds. The lowest BCUT2D eigenvalue weighted by molar-refractivity contribution is 0.0671. The highest BCUT2D eigenvalue weighted by atomic mass is 16.4. The molecule has 25 heavy (non-hydrogen) atoms. The molecular weight excluding hydrogens is 316 g/mol. The van der Waals surface area contributed by atoms with Crippen LogP contribution in [0.1, 0.15) is 46.6 Å². The first-order valence-corrected chi connectivity index (χ1v) is 8.56. The third kappa shape index (κ3) is 2.99. The van der Waals surface area contributed by atoms with Crippen LogP contribution in [0, 0.1) is 13.8 Å². The molecule has 0 unspecified atom stereocenters. The Kier molecular flexibility index (Phi) is 3.95. The molecule has 0 saturated carbocycles. The predicted molar refractivity (Wildman–Crippen MR) is 93.4 cm³/mol. The molecular formula is C19H20N4O2. The Balaban J connectivity index is 1.57. The minimum Gasteiger partial charge on any atom is -0.436 e. The normalized spacial score (nSPS) is 17.8. The van der Waals surface area contributed by atoms with Crippen LogP contribution >= 0.6 is 0 Å². The van der Waals surface area contributed by atoms with Gasteiger partial charge in [0.2, 0.25) is 5.76 Å². The van der Waals surface area contributed by atoms with Gasteiger partial charge in [0.1, 0.15) is 0 Å². The van der Waals surface area contributed by atoms with E-state index in [1.54, 1.807) is 13.1 Å². The van der Waals surface area contributed by atoms with Gasteiger partial charge < -0.3 is 9.32 Å². The standard InChI is InChI=1S/C19H20N4O2/c1-12-18(25-13(2)22-12)19(24)23-8-4-6-15(11-23)17-9-16-14(10-21-17)5-3-7-20-16/h3,5,7,9-10,15H,4,6,8,11H2,1-2H3/t15-/m1/s1. The quantitative estimate of drug-likeness (QED) is 0.718.